The molecule has 2 aromatic heterocycles. The minimum absolute atomic E-state index is 0.488. The van der Waals surface area contributed by atoms with E-state index in [4.69, 9.17) is 0 Å². The van der Waals surface area contributed by atoms with Crippen molar-refractivity contribution < 1.29 is 0 Å². The predicted molar refractivity (Wildman–Crippen MR) is 78.9 cm³/mol. The second-order valence-corrected chi connectivity index (χ2v) is 5.39. The van der Waals surface area contributed by atoms with Gasteiger partial charge in [-0.2, -0.15) is 5.10 Å². The number of aromatic nitrogens is 4. The number of rotatable bonds is 3. The fourth-order valence-corrected chi connectivity index (χ4v) is 2.90. The van der Waals surface area contributed by atoms with Gasteiger partial charge in [-0.1, -0.05) is 0 Å². The summed E-state index contributed by atoms with van der Waals surface area (Å²) in [6.45, 7) is 7.15. The second kappa shape index (κ2) is 5.61. The maximum Gasteiger partial charge on any atom is 0.151 e. The minimum Gasteiger partial charge on any atom is -0.354 e. The van der Waals surface area contributed by atoms with Crippen LogP contribution in [0.15, 0.2) is 24.5 Å². The van der Waals surface area contributed by atoms with Crippen LogP contribution in [-0.4, -0.2) is 32.8 Å². The summed E-state index contributed by atoms with van der Waals surface area (Å²) in [7, 11) is 0. The van der Waals surface area contributed by atoms with Gasteiger partial charge >= 0.3 is 0 Å². The lowest BCUT2D eigenvalue weighted by molar-refractivity contribution is 0.471. The van der Waals surface area contributed by atoms with Crippen LogP contribution >= 0.6 is 0 Å². The van der Waals surface area contributed by atoms with Crippen molar-refractivity contribution >= 4 is 5.82 Å². The van der Waals surface area contributed by atoms with Crippen LogP contribution in [0.25, 0.3) is 0 Å². The molecule has 0 saturated carbocycles. The first kappa shape index (κ1) is 13.1. The molecule has 0 aromatic carbocycles. The average molecular weight is 271 g/mol. The van der Waals surface area contributed by atoms with Crippen molar-refractivity contribution in [3.05, 3.63) is 36.0 Å². The summed E-state index contributed by atoms with van der Waals surface area (Å²) >= 11 is 0. The summed E-state index contributed by atoms with van der Waals surface area (Å²) in [5.74, 6) is 2.67. The van der Waals surface area contributed by atoms with Gasteiger partial charge in [0.05, 0.1) is 5.69 Å². The molecule has 5 nitrogen and oxygen atoms in total. The lowest BCUT2D eigenvalue weighted by atomic mass is 9.97. The van der Waals surface area contributed by atoms with E-state index >= 15 is 0 Å². The summed E-state index contributed by atoms with van der Waals surface area (Å²) in [5, 5.41) is 8.47. The number of piperidine rings is 1. The molecule has 3 rings (SSSR count). The van der Waals surface area contributed by atoms with Crippen LogP contribution in [0.4, 0.5) is 5.82 Å². The molecule has 5 heteroatoms. The van der Waals surface area contributed by atoms with Crippen molar-refractivity contribution in [1.29, 1.82) is 0 Å². The van der Waals surface area contributed by atoms with Crippen molar-refractivity contribution in [2.24, 2.45) is 0 Å². The molecule has 1 aliphatic heterocycles. The molecule has 0 bridgehead atoms. The van der Waals surface area contributed by atoms with Crippen LogP contribution in [0.3, 0.4) is 0 Å². The Morgan fingerprint density at radius 3 is 2.95 bits per heavy atom. The maximum absolute atomic E-state index is 4.55. The van der Waals surface area contributed by atoms with Crippen molar-refractivity contribution in [2.75, 3.05) is 18.0 Å². The average Bonchev–Trinajstić information content (AvgIpc) is 2.96. The van der Waals surface area contributed by atoms with E-state index in [1.165, 1.54) is 18.7 Å². The van der Waals surface area contributed by atoms with Crippen LogP contribution in [0.5, 0.6) is 0 Å². The Morgan fingerprint density at radius 1 is 1.30 bits per heavy atom. The normalized spacial score (nSPS) is 19.3. The zero-order valence-corrected chi connectivity index (χ0v) is 12.2. The van der Waals surface area contributed by atoms with E-state index in [1.54, 1.807) is 0 Å². The molecule has 0 radical (unpaired) electrons. The first-order chi connectivity index (χ1) is 9.78. The molecule has 0 unspecified atom stereocenters. The molecule has 1 atom stereocenters. The van der Waals surface area contributed by atoms with Crippen LogP contribution in [0.2, 0.25) is 0 Å². The summed E-state index contributed by atoms with van der Waals surface area (Å²) in [6.07, 6.45) is 6.35. The number of hydrogen-bond donors (Lipinski definition) is 0. The fraction of sp³-hybridized carbons (Fsp3) is 0.533. The zero-order chi connectivity index (χ0) is 13.9. The molecule has 106 valence electrons. The highest BCUT2D eigenvalue weighted by Crippen LogP contribution is 2.28. The lowest BCUT2D eigenvalue weighted by Crippen LogP contribution is -2.36. The molecular weight excluding hydrogens is 250 g/mol. The molecule has 0 amide bonds. The highest BCUT2D eigenvalue weighted by atomic mass is 15.3. The van der Waals surface area contributed by atoms with E-state index in [-0.39, 0.29) is 0 Å². The standard InChI is InChI=1S/C15H21N5/c1-3-19-10-8-16-15(19)13-5-4-9-20(11-13)14-7-6-12(2)17-18-14/h6-8,10,13H,3-5,9,11H2,1-2H3/t13-/m1/s1. The van der Waals surface area contributed by atoms with Gasteiger partial charge in [0, 0.05) is 37.9 Å². The van der Waals surface area contributed by atoms with Crippen molar-refractivity contribution in [1.82, 2.24) is 19.7 Å². The smallest absolute Gasteiger partial charge is 0.151 e. The van der Waals surface area contributed by atoms with Crippen molar-refractivity contribution in [2.45, 2.75) is 39.2 Å². The molecule has 20 heavy (non-hydrogen) atoms. The largest absolute Gasteiger partial charge is 0.354 e. The van der Waals surface area contributed by atoms with Crippen molar-refractivity contribution in [3.8, 4) is 0 Å². The molecule has 0 aliphatic carbocycles. The van der Waals surface area contributed by atoms with E-state index in [0.29, 0.717) is 5.92 Å². The first-order valence-electron chi connectivity index (χ1n) is 7.34. The third-order valence-electron chi connectivity index (χ3n) is 3.98. The Hall–Kier alpha value is -1.91. The number of hydrogen-bond acceptors (Lipinski definition) is 4. The second-order valence-electron chi connectivity index (χ2n) is 5.39. The third-order valence-corrected chi connectivity index (χ3v) is 3.98. The van der Waals surface area contributed by atoms with Crippen LogP contribution < -0.4 is 4.90 Å². The minimum atomic E-state index is 0.488. The third kappa shape index (κ3) is 2.53. The summed E-state index contributed by atoms with van der Waals surface area (Å²) in [4.78, 5) is 6.88. The number of aryl methyl sites for hydroxylation is 2. The highest BCUT2D eigenvalue weighted by molar-refractivity contribution is 5.38. The monoisotopic (exact) mass is 271 g/mol. The van der Waals surface area contributed by atoms with Crippen LogP contribution in [0, 0.1) is 6.92 Å². The molecule has 0 N–H and O–H groups in total. The van der Waals surface area contributed by atoms with Gasteiger partial charge in [-0.05, 0) is 38.8 Å². The number of nitrogens with zero attached hydrogens (tertiary/aromatic N) is 5. The SMILES string of the molecule is CCn1ccnc1[C@@H]1CCCN(c2ccc(C)nn2)C1. The molecule has 1 aliphatic rings. The Kier molecular flexibility index (Phi) is 3.67. The van der Waals surface area contributed by atoms with Gasteiger partial charge < -0.3 is 9.47 Å². The maximum atomic E-state index is 4.55. The molecule has 0 spiro atoms. The quantitative estimate of drug-likeness (QED) is 0.860. The van der Waals surface area contributed by atoms with Gasteiger partial charge in [0.1, 0.15) is 5.82 Å². The van der Waals surface area contributed by atoms with E-state index in [2.05, 4.69) is 43.8 Å². The van der Waals surface area contributed by atoms with Gasteiger partial charge in [0.25, 0.3) is 0 Å². The summed E-state index contributed by atoms with van der Waals surface area (Å²) in [5.41, 5.74) is 0.962. The zero-order valence-electron chi connectivity index (χ0n) is 12.2. The van der Waals surface area contributed by atoms with Gasteiger partial charge in [-0.15, -0.1) is 5.10 Å². The lowest BCUT2D eigenvalue weighted by Gasteiger charge is -2.33. The topological polar surface area (TPSA) is 46.8 Å². The Bertz CT molecular complexity index is 560. The Morgan fingerprint density at radius 2 is 2.20 bits per heavy atom. The van der Waals surface area contributed by atoms with E-state index in [1.807, 2.05) is 19.2 Å². The predicted octanol–water partition coefficient (Wildman–Crippen LogP) is 2.39. The summed E-state index contributed by atoms with van der Waals surface area (Å²) < 4.78 is 2.25. The van der Waals surface area contributed by atoms with Gasteiger partial charge in [-0.25, -0.2) is 4.98 Å². The van der Waals surface area contributed by atoms with Crippen molar-refractivity contribution in [3.63, 3.8) is 0 Å². The van der Waals surface area contributed by atoms with Crippen LogP contribution in [0.1, 0.15) is 37.2 Å². The van der Waals surface area contributed by atoms with E-state index < -0.39 is 0 Å². The number of anilines is 1. The molecule has 1 saturated heterocycles. The molecule has 3 heterocycles. The Labute approximate surface area is 119 Å². The molecule has 2 aromatic rings. The molecule has 1 fully saturated rings. The van der Waals surface area contributed by atoms with Gasteiger partial charge in [-0.3, -0.25) is 0 Å². The van der Waals surface area contributed by atoms with Gasteiger partial charge in [0.2, 0.25) is 0 Å². The number of imidazole rings is 1. The van der Waals surface area contributed by atoms with E-state index in [9.17, 15) is 0 Å². The van der Waals surface area contributed by atoms with Crippen LogP contribution in [-0.2, 0) is 6.54 Å². The summed E-state index contributed by atoms with van der Waals surface area (Å²) in [6, 6.07) is 4.09. The van der Waals surface area contributed by atoms with E-state index in [0.717, 1.165) is 31.1 Å². The van der Waals surface area contributed by atoms with Gasteiger partial charge in [0.15, 0.2) is 5.82 Å². The Balaban J connectivity index is 1.78. The fourth-order valence-electron chi connectivity index (χ4n) is 2.90. The first-order valence-corrected chi connectivity index (χ1v) is 7.34. The molecular formula is C15H21N5. The highest BCUT2D eigenvalue weighted by Gasteiger charge is 2.25.